The van der Waals surface area contributed by atoms with Crippen molar-refractivity contribution < 1.29 is 12.9 Å². The standard InChI is InChI=1S/C15H22N4O3S2/c1-4-14-16-13(10-23-14)9-18-5-7-19(8-6-18)24(20,21)15-11(2)17-22-12(15)3/h10H,4-9H2,1-3H3. The summed E-state index contributed by atoms with van der Waals surface area (Å²) in [6, 6.07) is 0. The molecule has 0 saturated carbocycles. The molecule has 0 unspecified atom stereocenters. The summed E-state index contributed by atoms with van der Waals surface area (Å²) in [5, 5.41) is 6.99. The highest BCUT2D eigenvalue weighted by atomic mass is 32.2. The highest BCUT2D eigenvalue weighted by Crippen LogP contribution is 2.24. The van der Waals surface area contributed by atoms with Gasteiger partial charge in [0, 0.05) is 38.1 Å². The molecule has 1 aliphatic rings. The van der Waals surface area contributed by atoms with E-state index in [1.807, 2.05) is 0 Å². The van der Waals surface area contributed by atoms with E-state index in [2.05, 4.69) is 27.3 Å². The maximum absolute atomic E-state index is 12.8. The number of nitrogens with zero attached hydrogens (tertiary/aromatic N) is 4. The van der Waals surface area contributed by atoms with Crippen LogP contribution in [0.2, 0.25) is 0 Å². The average molecular weight is 371 g/mol. The van der Waals surface area contributed by atoms with Crippen molar-refractivity contribution in [1.82, 2.24) is 19.3 Å². The summed E-state index contributed by atoms with van der Waals surface area (Å²) in [7, 11) is -3.54. The van der Waals surface area contributed by atoms with Crippen LogP contribution < -0.4 is 0 Å². The molecule has 0 amide bonds. The second-order valence-corrected chi connectivity index (χ2v) is 8.74. The van der Waals surface area contributed by atoms with Gasteiger partial charge in [0.1, 0.15) is 10.6 Å². The zero-order chi connectivity index (χ0) is 17.3. The maximum atomic E-state index is 12.8. The van der Waals surface area contributed by atoms with E-state index in [1.54, 1.807) is 25.2 Å². The fourth-order valence-electron chi connectivity index (χ4n) is 2.91. The minimum atomic E-state index is -3.54. The zero-order valence-corrected chi connectivity index (χ0v) is 15.8. The first kappa shape index (κ1) is 17.5. The molecule has 3 rings (SSSR count). The highest BCUT2D eigenvalue weighted by molar-refractivity contribution is 7.89. The molecule has 0 aliphatic carbocycles. The van der Waals surface area contributed by atoms with Crippen LogP contribution in [0.5, 0.6) is 0 Å². The van der Waals surface area contributed by atoms with Gasteiger partial charge in [0.15, 0.2) is 5.76 Å². The third-order valence-corrected chi connectivity index (χ3v) is 7.37. The number of hydrogen-bond acceptors (Lipinski definition) is 7. The van der Waals surface area contributed by atoms with E-state index in [1.165, 1.54) is 4.31 Å². The van der Waals surface area contributed by atoms with Crippen LogP contribution in [0.4, 0.5) is 0 Å². The highest BCUT2D eigenvalue weighted by Gasteiger charge is 2.33. The number of thiazole rings is 1. The van der Waals surface area contributed by atoms with Crippen LogP contribution in [0.1, 0.15) is 29.1 Å². The quantitative estimate of drug-likeness (QED) is 0.799. The van der Waals surface area contributed by atoms with Gasteiger partial charge in [0.25, 0.3) is 0 Å². The Labute approximate surface area is 146 Å². The van der Waals surface area contributed by atoms with Gasteiger partial charge in [-0.05, 0) is 20.3 Å². The van der Waals surface area contributed by atoms with Gasteiger partial charge in [0.05, 0.1) is 10.7 Å². The van der Waals surface area contributed by atoms with Crippen molar-refractivity contribution in [2.75, 3.05) is 26.2 Å². The predicted molar refractivity (Wildman–Crippen MR) is 91.5 cm³/mol. The second-order valence-electron chi connectivity index (χ2n) is 5.92. The number of aromatic nitrogens is 2. The van der Waals surface area contributed by atoms with Crippen LogP contribution in [0.3, 0.4) is 0 Å². The maximum Gasteiger partial charge on any atom is 0.248 e. The minimum Gasteiger partial charge on any atom is -0.360 e. The van der Waals surface area contributed by atoms with Crippen molar-refractivity contribution in [3.8, 4) is 0 Å². The van der Waals surface area contributed by atoms with Crippen molar-refractivity contribution >= 4 is 21.4 Å². The summed E-state index contributed by atoms with van der Waals surface area (Å²) in [5.74, 6) is 0.351. The normalized spacial score (nSPS) is 17.5. The molecule has 1 saturated heterocycles. The first-order valence-corrected chi connectivity index (χ1v) is 10.3. The molecule has 0 atom stereocenters. The second kappa shape index (κ2) is 6.91. The van der Waals surface area contributed by atoms with Crippen LogP contribution >= 0.6 is 11.3 Å². The molecule has 0 bridgehead atoms. The first-order chi connectivity index (χ1) is 11.4. The van der Waals surface area contributed by atoms with Gasteiger partial charge in [-0.2, -0.15) is 4.31 Å². The van der Waals surface area contributed by atoms with Crippen molar-refractivity contribution in [1.29, 1.82) is 0 Å². The van der Waals surface area contributed by atoms with Crippen LogP contribution in [0.15, 0.2) is 14.8 Å². The molecule has 24 heavy (non-hydrogen) atoms. The van der Waals surface area contributed by atoms with Crippen LogP contribution in [0.25, 0.3) is 0 Å². The Hall–Kier alpha value is -1.29. The van der Waals surface area contributed by atoms with E-state index in [0.717, 1.165) is 23.7 Å². The van der Waals surface area contributed by atoms with Crippen molar-refractivity contribution in [2.45, 2.75) is 38.6 Å². The number of sulfonamides is 1. The topological polar surface area (TPSA) is 79.5 Å². The summed E-state index contributed by atoms with van der Waals surface area (Å²) >= 11 is 1.68. The first-order valence-electron chi connectivity index (χ1n) is 8.00. The minimum absolute atomic E-state index is 0.211. The molecule has 0 aromatic carbocycles. The van der Waals surface area contributed by atoms with Gasteiger partial charge in [-0.3, -0.25) is 4.90 Å². The Morgan fingerprint density at radius 2 is 1.96 bits per heavy atom. The Bertz CT molecular complexity index is 785. The Morgan fingerprint density at radius 1 is 1.25 bits per heavy atom. The van der Waals surface area contributed by atoms with Crippen LogP contribution in [-0.2, 0) is 23.0 Å². The number of rotatable bonds is 5. The lowest BCUT2D eigenvalue weighted by Crippen LogP contribution is -2.48. The molecule has 132 valence electrons. The van der Waals surface area contributed by atoms with Gasteiger partial charge in [-0.1, -0.05) is 12.1 Å². The Balaban J connectivity index is 1.64. The lowest BCUT2D eigenvalue weighted by Gasteiger charge is -2.33. The fraction of sp³-hybridized carbons (Fsp3) is 0.600. The Kier molecular flexibility index (Phi) is 5.05. The van der Waals surface area contributed by atoms with E-state index in [-0.39, 0.29) is 4.90 Å². The number of piperazine rings is 1. The van der Waals surface area contributed by atoms with Gasteiger partial charge in [0.2, 0.25) is 10.0 Å². The van der Waals surface area contributed by atoms with Gasteiger partial charge in [-0.25, -0.2) is 13.4 Å². The van der Waals surface area contributed by atoms with E-state index >= 15 is 0 Å². The number of hydrogen-bond donors (Lipinski definition) is 0. The molecular formula is C15H22N4O3S2. The van der Waals surface area contributed by atoms with Gasteiger partial charge < -0.3 is 4.52 Å². The van der Waals surface area contributed by atoms with E-state index < -0.39 is 10.0 Å². The molecule has 0 N–H and O–H groups in total. The smallest absolute Gasteiger partial charge is 0.248 e. The molecule has 0 radical (unpaired) electrons. The summed E-state index contributed by atoms with van der Waals surface area (Å²) in [6.07, 6.45) is 0.953. The van der Waals surface area contributed by atoms with Gasteiger partial charge >= 0.3 is 0 Å². The lowest BCUT2D eigenvalue weighted by atomic mass is 10.3. The Morgan fingerprint density at radius 3 is 2.50 bits per heavy atom. The van der Waals surface area contributed by atoms with Crippen molar-refractivity contribution in [3.63, 3.8) is 0 Å². The summed E-state index contributed by atoms with van der Waals surface area (Å²) in [5.41, 5.74) is 1.49. The largest absolute Gasteiger partial charge is 0.360 e. The van der Waals surface area contributed by atoms with E-state index in [9.17, 15) is 8.42 Å². The van der Waals surface area contributed by atoms with Gasteiger partial charge in [-0.15, -0.1) is 11.3 Å². The van der Waals surface area contributed by atoms with Crippen LogP contribution in [0, 0.1) is 13.8 Å². The summed E-state index contributed by atoms with van der Waals surface area (Å²) < 4.78 is 32.1. The molecule has 9 heteroatoms. The fourth-order valence-corrected chi connectivity index (χ4v) is 5.36. The molecule has 2 aromatic rings. The SMILES string of the molecule is CCc1nc(CN2CCN(S(=O)(=O)c3c(C)noc3C)CC2)cs1. The van der Waals surface area contributed by atoms with E-state index in [4.69, 9.17) is 4.52 Å². The third kappa shape index (κ3) is 3.39. The monoisotopic (exact) mass is 370 g/mol. The zero-order valence-electron chi connectivity index (χ0n) is 14.2. The average Bonchev–Trinajstić information content (AvgIpc) is 3.14. The molecule has 1 aliphatic heterocycles. The molecule has 3 heterocycles. The summed E-state index contributed by atoms with van der Waals surface area (Å²) in [4.78, 5) is 7.03. The molecular weight excluding hydrogens is 348 g/mol. The van der Waals surface area contributed by atoms with Crippen molar-refractivity contribution in [2.24, 2.45) is 0 Å². The molecule has 1 fully saturated rings. The van der Waals surface area contributed by atoms with Crippen LogP contribution in [-0.4, -0.2) is 53.9 Å². The molecule has 0 spiro atoms. The summed E-state index contributed by atoms with van der Waals surface area (Å²) in [6.45, 7) is 8.50. The molecule has 2 aromatic heterocycles. The van der Waals surface area contributed by atoms with Crippen molar-refractivity contribution in [3.05, 3.63) is 27.5 Å². The number of aryl methyl sites for hydroxylation is 3. The van der Waals surface area contributed by atoms with E-state index in [0.29, 0.717) is 37.6 Å². The molecule has 7 nitrogen and oxygen atoms in total. The third-order valence-electron chi connectivity index (χ3n) is 4.18. The predicted octanol–water partition coefficient (Wildman–Crippen LogP) is 1.82. The lowest BCUT2D eigenvalue weighted by molar-refractivity contribution is 0.180.